The van der Waals surface area contributed by atoms with Crippen molar-refractivity contribution in [2.24, 2.45) is 0 Å². The molecule has 1 heterocycles. The largest absolute Gasteiger partial charge is 0.497 e. The topological polar surface area (TPSA) is 56.8 Å². The van der Waals surface area contributed by atoms with Crippen molar-refractivity contribution in [1.29, 1.82) is 0 Å². The van der Waals surface area contributed by atoms with Gasteiger partial charge in [0.1, 0.15) is 5.75 Å². The number of allylic oxidation sites excluding steroid dienone is 1. The monoisotopic (exact) mass is 297 g/mol. The number of methoxy groups -OCH3 is 1. The summed E-state index contributed by atoms with van der Waals surface area (Å²) in [4.78, 5) is 12.0. The summed E-state index contributed by atoms with van der Waals surface area (Å²) in [6, 6.07) is 12.5. The van der Waals surface area contributed by atoms with E-state index >= 15 is 0 Å². The molecule has 1 aliphatic heterocycles. The molecule has 1 aliphatic rings. The van der Waals surface area contributed by atoms with Gasteiger partial charge in [-0.2, -0.15) is 0 Å². The third kappa shape index (κ3) is 3.03. The Labute approximate surface area is 128 Å². The first kappa shape index (κ1) is 14.0. The van der Waals surface area contributed by atoms with Gasteiger partial charge >= 0.3 is 0 Å². The van der Waals surface area contributed by atoms with Crippen LogP contribution in [-0.2, 0) is 0 Å². The molecule has 0 bridgehead atoms. The molecule has 3 rings (SSSR count). The molecule has 0 unspecified atom stereocenters. The first-order valence-electron chi connectivity index (χ1n) is 6.77. The first-order valence-corrected chi connectivity index (χ1v) is 6.77. The van der Waals surface area contributed by atoms with Gasteiger partial charge in [0.25, 0.3) is 0 Å². The van der Waals surface area contributed by atoms with Crippen molar-refractivity contribution in [3.63, 3.8) is 0 Å². The van der Waals surface area contributed by atoms with E-state index in [9.17, 15) is 4.79 Å². The van der Waals surface area contributed by atoms with Gasteiger partial charge in [-0.15, -0.1) is 0 Å². The highest BCUT2D eigenvalue weighted by atomic mass is 16.7. The first-order chi connectivity index (χ1) is 10.8. The van der Waals surface area contributed by atoms with Crippen LogP contribution in [0.3, 0.4) is 0 Å². The maximum atomic E-state index is 12.0. The Hall–Kier alpha value is -2.95. The molecule has 0 saturated carbocycles. The molecule has 5 heteroatoms. The second-order valence-corrected chi connectivity index (χ2v) is 4.64. The van der Waals surface area contributed by atoms with Gasteiger partial charge in [0.05, 0.1) is 7.11 Å². The number of carbonyl (C=O) groups is 1. The van der Waals surface area contributed by atoms with Gasteiger partial charge < -0.3 is 19.5 Å². The number of ether oxygens (including phenoxy) is 3. The van der Waals surface area contributed by atoms with E-state index in [4.69, 9.17) is 14.2 Å². The van der Waals surface area contributed by atoms with Crippen LogP contribution in [0.2, 0.25) is 0 Å². The van der Waals surface area contributed by atoms with Gasteiger partial charge in [0.2, 0.25) is 6.79 Å². The number of rotatable bonds is 5. The van der Waals surface area contributed by atoms with Crippen LogP contribution in [-0.4, -0.2) is 19.7 Å². The predicted octanol–water partition coefficient (Wildman–Crippen LogP) is 3.23. The number of carbonyl (C=O) groups excluding carboxylic acids is 1. The molecule has 112 valence electrons. The molecule has 0 saturated heterocycles. The van der Waals surface area contributed by atoms with E-state index < -0.39 is 0 Å². The fraction of sp³-hybridized carbons (Fsp3) is 0.118. The summed E-state index contributed by atoms with van der Waals surface area (Å²) in [6.07, 6.45) is 3.08. The fourth-order valence-corrected chi connectivity index (χ4v) is 2.05. The second-order valence-electron chi connectivity index (χ2n) is 4.64. The number of nitrogens with one attached hydrogen (secondary N) is 1. The van der Waals surface area contributed by atoms with Crippen LogP contribution in [0.15, 0.2) is 54.7 Å². The van der Waals surface area contributed by atoms with Crippen molar-refractivity contribution < 1.29 is 19.0 Å². The SMILES string of the molecule is COc1ccc(C(=O)/C=C\Nc2ccc3c(c2)OCO3)cc1. The summed E-state index contributed by atoms with van der Waals surface area (Å²) < 4.78 is 15.6. The number of hydrogen-bond donors (Lipinski definition) is 1. The zero-order valence-corrected chi connectivity index (χ0v) is 12.0. The van der Waals surface area contributed by atoms with E-state index in [1.807, 2.05) is 18.2 Å². The fourth-order valence-electron chi connectivity index (χ4n) is 2.05. The molecule has 2 aromatic carbocycles. The number of fused-ring (bicyclic) bond motifs is 1. The summed E-state index contributed by atoms with van der Waals surface area (Å²) in [7, 11) is 1.59. The molecule has 1 N–H and O–H groups in total. The minimum atomic E-state index is -0.0871. The average Bonchev–Trinajstić information content (AvgIpc) is 3.02. The molecule has 22 heavy (non-hydrogen) atoms. The summed E-state index contributed by atoms with van der Waals surface area (Å²) in [6.45, 7) is 0.241. The number of anilines is 1. The Bertz CT molecular complexity index is 707. The maximum Gasteiger partial charge on any atom is 0.231 e. The van der Waals surface area contributed by atoms with Crippen LogP contribution in [0.1, 0.15) is 10.4 Å². The van der Waals surface area contributed by atoms with Crippen molar-refractivity contribution in [1.82, 2.24) is 0 Å². The highest BCUT2D eigenvalue weighted by Crippen LogP contribution is 2.34. The quantitative estimate of drug-likeness (QED) is 0.678. The van der Waals surface area contributed by atoms with Crippen molar-refractivity contribution in [2.75, 3.05) is 19.2 Å². The third-order valence-corrected chi connectivity index (χ3v) is 3.23. The van der Waals surface area contributed by atoms with Crippen LogP contribution in [0.4, 0.5) is 5.69 Å². The molecule has 0 atom stereocenters. The van der Waals surface area contributed by atoms with Crippen LogP contribution < -0.4 is 19.5 Å². The van der Waals surface area contributed by atoms with Crippen molar-refractivity contribution in [3.05, 3.63) is 60.3 Å². The lowest BCUT2D eigenvalue weighted by molar-refractivity contribution is 0.104. The van der Waals surface area contributed by atoms with Gasteiger partial charge in [-0.3, -0.25) is 4.79 Å². The Morgan fingerprint density at radius 3 is 2.68 bits per heavy atom. The highest BCUT2D eigenvalue weighted by molar-refractivity contribution is 6.04. The Morgan fingerprint density at radius 1 is 1.14 bits per heavy atom. The molecule has 2 aromatic rings. The zero-order valence-electron chi connectivity index (χ0n) is 12.0. The Kier molecular flexibility index (Phi) is 3.96. The van der Waals surface area contributed by atoms with Crippen molar-refractivity contribution in [3.8, 4) is 17.2 Å². The molecule has 0 aliphatic carbocycles. The van der Waals surface area contributed by atoms with Crippen molar-refractivity contribution in [2.45, 2.75) is 0 Å². The smallest absolute Gasteiger partial charge is 0.231 e. The van der Waals surface area contributed by atoms with Crippen LogP contribution in [0.25, 0.3) is 0 Å². The van der Waals surface area contributed by atoms with E-state index in [0.717, 1.165) is 17.2 Å². The summed E-state index contributed by atoms with van der Waals surface area (Å²) in [5, 5.41) is 3.04. The molecule has 0 spiro atoms. The van der Waals surface area contributed by atoms with E-state index in [-0.39, 0.29) is 12.6 Å². The van der Waals surface area contributed by atoms with E-state index in [0.29, 0.717) is 11.3 Å². The minimum absolute atomic E-state index is 0.0871. The van der Waals surface area contributed by atoms with Gasteiger partial charge in [0, 0.05) is 29.6 Å². The summed E-state index contributed by atoms with van der Waals surface area (Å²) in [5.41, 5.74) is 1.42. The molecule has 5 nitrogen and oxygen atoms in total. The van der Waals surface area contributed by atoms with E-state index in [2.05, 4.69) is 5.32 Å². The maximum absolute atomic E-state index is 12.0. The highest BCUT2D eigenvalue weighted by Gasteiger charge is 2.12. The number of ketones is 1. The summed E-state index contributed by atoms with van der Waals surface area (Å²) in [5.74, 6) is 2.05. The minimum Gasteiger partial charge on any atom is -0.497 e. The van der Waals surface area contributed by atoms with Gasteiger partial charge in [-0.05, 0) is 36.4 Å². The lowest BCUT2D eigenvalue weighted by Gasteiger charge is -2.02. The van der Waals surface area contributed by atoms with Crippen LogP contribution in [0, 0.1) is 0 Å². The van der Waals surface area contributed by atoms with Gasteiger partial charge in [0.15, 0.2) is 17.3 Å². The molecule has 0 amide bonds. The van der Waals surface area contributed by atoms with E-state index in [1.165, 1.54) is 6.08 Å². The summed E-state index contributed by atoms with van der Waals surface area (Å²) >= 11 is 0. The standard InChI is InChI=1S/C17H15NO4/c1-20-14-5-2-12(3-6-14)15(19)8-9-18-13-4-7-16-17(10-13)22-11-21-16/h2-10,18H,11H2,1H3/b9-8-. The lowest BCUT2D eigenvalue weighted by atomic mass is 10.1. The van der Waals surface area contributed by atoms with Gasteiger partial charge in [-0.25, -0.2) is 0 Å². The van der Waals surface area contributed by atoms with Crippen LogP contribution >= 0.6 is 0 Å². The Balaban J connectivity index is 1.62. The zero-order chi connectivity index (χ0) is 15.4. The number of hydrogen-bond acceptors (Lipinski definition) is 5. The predicted molar refractivity (Wildman–Crippen MR) is 82.7 cm³/mol. The normalized spacial score (nSPS) is 12.4. The van der Waals surface area contributed by atoms with E-state index in [1.54, 1.807) is 37.6 Å². The molecule has 0 fully saturated rings. The molecule has 0 aromatic heterocycles. The number of benzene rings is 2. The van der Waals surface area contributed by atoms with Crippen LogP contribution in [0.5, 0.6) is 17.2 Å². The Morgan fingerprint density at radius 2 is 1.91 bits per heavy atom. The third-order valence-electron chi connectivity index (χ3n) is 3.23. The lowest BCUT2D eigenvalue weighted by Crippen LogP contribution is -1.96. The molecular formula is C17H15NO4. The van der Waals surface area contributed by atoms with Gasteiger partial charge in [-0.1, -0.05) is 0 Å². The molecule has 0 radical (unpaired) electrons. The average molecular weight is 297 g/mol. The second kappa shape index (κ2) is 6.22. The van der Waals surface area contributed by atoms with Crippen molar-refractivity contribution >= 4 is 11.5 Å². The molecular weight excluding hydrogens is 282 g/mol.